The minimum Gasteiger partial charge on any atom is -0.497 e. The minimum atomic E-state index is -1.19. The van der Waals surface area contributed by atoms with E-state index in [-0.39, 0.29) is 12.5 Å². The number of hydrogen-bond donors (Lipinski definition) is 2. The lowest BCUT2D eigenvalue weighted by atomic mass is 9.77. The van der Waals surface area contributed by atoms with E-state index in [2.05, 4.69) is 5.32 Å². The lowest BCUT2D eigenvalue weighted by Gasteiger charge is -2.32. The fraction of sp³-hybridized carbons (Fsp3) is 0.391. The molecule has 1 amide bonds. The predicted octanol–water partition coefficient (Wildman–Crippen LogP) is 3.67. The van der Waals surface area contributed by atoms with Gasteiger partial charge in [0.2, 0.25) is 5.91 Å². The Labute approximate surface area is 165 Å². The lowest BCUT2D eigenvalue weighted by Crippen LogP contribution is -2.50. The third-order valence-corrected chi connectivity index (χ3v) is 6.00. The van der Waals surface area contributed by atoms with Crippen LogP contribution in [0.2, 0.25) is 0 Å². The van der Waals surface area contributed by atoms with Crippen LogP contribution >= 0.6 is 0 Å². The number of amides is 1. The van der Waals surface area contributed by atoms with Gasteiger partial charge in [-0.2, -0.15) is 0 Å². The Bertz CT molecular complexity index is 843. The molecular weight excluding hydrogens is 354 g/mol. The van der Waals surface area contributed by atoms with Gasteiger partial charge >= 0.3 is 5.97 Å². The number of carboxylic acid groups (broad SMARTS) is 1. The Kier molecular flexibility index (Phi) is 5.73. The third kappa shape index (κ3) is 3.61. The molecule has 1 atom stereocenters. The van der Waals surface area contributed by atoms with E-state index in [4.69, 9.17) is 4.74 Å². The number of aliphatic carboxylic acids is 1. The summed E-state index contributed by atoms with van der Waals surface area (Å²) in [7, 11) is 1.61. The smallest absolute Gasteiger partial charge is 0.315 e. The molecule has 0 spiro atoms. The summed E-state index contributed by atoms with van der Waals surface area (Å²) < 4.78 is 5.33. The standard InChI is InChI=1S/C23H27NO4/c1-22(21(26)27,17-9-4-3-5-10-17)16-24-20(25)23(13-6-7-14-23)18-11-8-12-19(15-18)28-2/h3-5,8-12,15H,6-7,13-14,16H2,1-2H3,(H,24,25)(H,26,27). The molecule has 0 radical (unpaired) electrons. The van der Waals surface area contributed by atoms with Gasteiger partial charge in [0, 0.05) is 6.54 Å². The first-order valence-corrected chi connectivity index (χ1v) is 9.64. The molecule has 2 aromatic rings. The number of ether oxygens (including phenoxy) is 1. The summed E-state index contributed by atoms with van der Waals surface area (Å²) >= 11 is 0. The molecule has 0 heterocycles. The average molecular weight is 381 g/mol. The van der Waals surface area contributed by atoms with Gasteiger partial charge < -0.3 is 15.2 Å². The van der Waals surface area contributed by atoms with Crippen LogP contribution in [0.1, 0.15) is 43.7 Å². The molecule has 1 unspecified atom stereocenters. The highest BCUT2D eigenvalue weighted by Crippen LogP contribution is 2.42. The third-order valence-electron chi connectivity index (χ3n) is 6.00. The van der Waals surface area contributed by atoms with E-state index in [0.717, 1.165) is 37.0 Å². The summed E-state index contributed by atoms with van der Waals surface area (Å²) in [6, 6.07) is 16.7. The van der Waals surface area contributed by atoms with Gasteiger partial charge in [0.25, 0.3) is 0 Å². The molecule has 5 nitrogen and oxygen atoms in total. The van der Waals surface area contributed by atoms with E-state index in [1.54, 1.807) is 26.2 Å². The van der Waals surface area contributed by atoms with Crippen molar-refractivity contribution in [3.05, 3.63) is 65.7 Å². The highest BCUT2D eigenvalue weighted by Gasteiger charge is 2.44. The average Bonchev–Trinajstić information content (AvgIpc) is 3.23. The van der Waals surface area contributed by atoms with Crippen LogP contribution in [0, 0.1) is 0 Å². The van der Waals surface area contributed by atoms with E-state index in [9.17, 15) is 14.7 Å². The Hall–Kier alpha value is -2.82. The zero-order chi connectivity index (χ0) is 20.2. The van der Waals surface area contributed by atoms with Crippen molar-refractivity contribution in [1.29, 1.82) is 0 Å². The highest BCUT2D eigenvalue weighted by atomic mass is 16.5. The van der Waals surface area contributed by atoms with Gasteiger partial charge in [-0.3, -0.25) is 9.59 Å². The first-order chi connectivity index (χ1) is 13.4. The van der Waals surface area contributed by atoms with Crippen LogP contribution in [0.25, 0.3) is 0 Å². The van der Waals surface area contributed by atoms with Crippen LogP contribution in [-0.2, 0) is 20.4 Å². The van der Waals surface area contributed by atoms with Gasteiger partial charge in [-0.15, -0.1) is 0 Å². The summed E-state index contributed by atoms with van der Waals surface area (Å²) in [4.78, 5) is 25.3. The number of carbonyl (C=O) groups excluding carboxylic acids is 1. The Morgan fingerprint density at radius 3 is 2.39 bits per heavy atom. The topological polar surface area (TPSA) is 75.6 Å². The maximum atomic E-state index is 13.3. The number of rotatable bonds is 7. The molecule has 0 bridgehead atoms. The maximum Gasteiger partial charge on any atom is 0.315 e. The number of benzene rings is 2. The van der Waals surface area contributed by atoms with Crippen molar-refractivity contribution in [2.45, 2.75) is 43.4 Å². The summed E-state index contributed by atoms with van der Waals surface area (Å²) in [6.45, 7) is 1.69. The van der Waals surface area contributed by atoms with Crippen molar-refractivity contribution in [3.8, 4) is 5.75 Å². The SMILES string of the molecule is COc1cccc(C2(C(=O)NCC(C)(C(=O)O)c3ccccc3)CCCC2)c1. The summed E-state index contributed by atoms with van der Waals surface area (Å²) in [6.07, 6.45) is 3.45. The van der Waals surface area contributed by atoms with Gasteiger partial charge in [-0.25, -0.2) is 0 Å². The molecule has 1 saturated carbocycles. The molecule has 0 saturated heterocycles. The van der Waals surface area contributed by atoms with E-state index in [1.165, 1.54) is 0 Å². The van der Waals surface area contributed by atoms with Gasteiger partial charge in [0.1, 0.15) is 11.2 Å². The first-order valence-electron chi connectivity index (χ1n) is 9.64. The second-order valence-corrected chi connectivity index (χ2v) is 7.71. The van der Waals surface area contributed by atoms with E-state index < -0.39 is 16.8 Å². The number of methoxy groups -OCH3 is 1. The normalized spacial score (nSPS) is 17.5. The van der Waals surface area contributed by atoms with E-state index >= 15 is 0 Å². The molecule has 148 valence electrons. The quantitative estimate of drug-likeness (QED) is 0.767. The molecule has 28 heavy (non-hydrogen) atoms. The molecule has 0 aromatic heterocycles. The first kappa shape index (κ1) is 19.9. The Balaban J connectivity index is 1.86. The fourth-order valence-corrected chi connectivity index (χ4v) is 4.08. The highest BCUT2D eigenvalue weighted by molar-refractivity contribution is 5.90. The number of carbonyl (C=O) groups is 2. The van der Waals surface area contributed by atoms with Crippen LogP contribution in [0.5, 0.6) is 5.75 Å². The molecular formula is C23H27NO4. The van der Waals surface area contributed by atoms with Crippen molar-refractivity contribution in [1.82, 2.24) is 5.32 Å². The molecule has 3 rings (SSSR count). The monoisotopic (exact) mass is 381 g/mol. The van der Waals surface area contributed by atoms with Gasteiger partial charge in [-0.1, -0.05) is 55.3 Å². The largest absolute Gasteiger partial charge is 0.497 e. The fourth-order valence-electron chi connectivity index (χ4n) is 4.08. The lowest BCUT2D eigenvalue weighted by molar-refractivity contribution is -0.143. The van der Waals surface area contributed by atoms with Crippen molar-refractivity contribution in [2.75, 3.05) is 13.7 Å². The molecule has 5 heteroatoms. The molecule has 0 aliphatic heterocycles. The summed E-state index contributed by atoms with van der Waals surface area (Å²) in [5.41, 5.74) is -0.223. The molecule has 1 aliphatic carbocycles. The van der Waals surface area contributed by atoms with Crippen LogP contribution in [0.3, 0.4) is 0 Å². The van der Waals surface area contributed by atoms with Crippen molar-refractivity contribution in [2.24, 2.45) is 0 Å². The zero-order valence-corrected chi connectivity index (χ0v) is 16.4. The van der Waals surface area contributed by atoms with E-state index in [0.29, 0.717) is 5.56 Å². The van der Waals surface area contributed by atoms with Gasteiger partial charge in [0.15, 0.2) is 0 Å². The number of hydrogen-bond acceptors (Lipinski definition) is 3. The molecule has 2 aromatic carbocycles. The summed E-state index contributed by atoms with van der Waals surface area (Å²) in [5, 5.41) is 12.8. The number of nitrogens with one attached hydrogen (secondary N) is 1. The van der Waals surface area contributed by atoms with Crippen LogP contribution in [0.15, 0.2) is 54.6 Å². The number of carboxylic acids is 1. The van der Waals surface area contributed by atoms with Crippen molar-refractivity contribution >= 4 is 11.9 Å². The van der Waals surface area contributed by atoms with Crippen LogP contribution in [0.4, 0.5) is 0 Å². The predicted molar refractivity (Wildman–Crippen MR) is 108 cm³/mol. The Morgan fingerprint density at radius 1 is 1.11 bits per heavy atom. The van der Waals surface area contributed by atoms with Crippen molar-refractivity contribution in [3.63, 3.8) is 0 Å². The van der Waals surface area contributed by atoms with Gasteiger partial charge in [-0.05, 0) is 43.0 Å². The molecule has 1 fully saturated rings. The second-order valence-electron chi connectivity index (χ2n) is 7.71. The minimum absolute atomic E-state index is 0.0386. The maximum absolute atomic E-state index is 13.3. The summed E-state index contributed by atoms with van der Waals surface area (Å²) in [5.74, 6) is -0.348. The van der Waals surface area contributed by atoms with Crippen LogP contribution in [-0.4, -0.2) is 30.6 Å². The molecule has 2 N–H and O–H groups in total. The molecule has 1 aliphatic rings. The van der Waals surface area contributed by atoms with E-state index in [1.807, 2.05) is 42.5 Å². The second kappa shape index (κ2) is 8.05. The zero-order valence-electron chi connectivity index (χ0n) is 16.4. The van der Waals surface area contributed by atoms with Gasteiger partial charge in [0.05, 0.1) is 12.5 Å². The van der Waals surface area contributed by atoms with Crippen LogP contribution < -0.4 is 10.1 Å². The van der Waals surface area contributed by atoms with Crippen molar-refractivity contribution < 1.29 is 19.4 Å². The Morgan fingerprint density at radius 2 is 1.79 bits per heavy atom.